The molecule has 3 nitrogen and oxygen atoms in total. The summed E-state index contributed by atoms with van der Waals surface area (Å²) < 4.78 is 0. The van der Waals surface area contributed by atoms with Crippen molar-refractivity contribution in [1.82, 2.24) is 5.32 Å². The summed E-state index contributed by atoms with van der Waals surface area (Å²) in [5.74, 6) is 5.18. The van der Waals surface area contributed by atoms with Crippen LogP contribution in [0.15, 0.2) is 18.2 Å². The van der Waals surface area contributed by atoms with Gasteiger partial charge in [0.15, 0.2) is 0 Å². The molecule has 0 unspecified atom stereocenters. The minimum atomic E-state index is -0.211. The summed E-state index contributed by atoms with van der Waals surface area (Å²) >= 11 is 6.10. The SMILES string of the molecule is CC1(CNC(=O)c2ccc(C#CCO)c(Cl)c2)CCCC1. The molecule has 0 radical (unpaired) electrons. The Bertz CT molecular complexity index is 580. The molecule has 112 valence electrons. The topological polar surface area (TPSA) is 49.3 Å². The first-order chi connectivity index (χ1) is 10.0. The average Bonchev–Trinajstić information content (AvgIpc) is 2.91. The van der Waals surface area contributed by atoms with Crippen LogP contribution in [-0.4, -0.2) is 24.2 Å². The van der Waals surface area contributed by atoms with Gasteiger partial charge in [-0.25, -0.2) is 0 Å². The number of rotatable bonds is 3. The van der Waals surface area contributed by atoms with Gasteiger partial charge in [0.25, 0.3) is 5.91 Å². The van der Waals surface area contributed by atoms with E-state index in [-0.39, 0.29) is 17.9 Å². The molecule has 1 amide bonds. The molecule has 21 heavy (non-hydrogen) atoms. The van der Waals surface area contributed by atoms with Gasteiger partial charge in [-0.05, 0) is 36.5 Å². The van der Waals surface area contributed by atoms with Crippen LogP contribution in [0.25, 0.3) is 0 Å². The summed E-state index contributed by atoms with van der Waals surface area (Å²) in [5, 5.41) is 12.1. The highest BCUT2D eigenvalue weighted by molar-refractivity contribution is 6.32. The second-order valence-electron chi connectivity index (χ2n) is 5.85. The van der Waals surface area contributed by atoms with Crippen molar-refractivity contribution in [2.75, 3.05) is 13.2 Å². The van der Waals surface area contributed by atoms with Crippen LogP contribution in [0.2, 0.25) is 5.02 Å². The van der Waals surface area contributed by atoms with E-state index in [1.807, 2.05) is 0 Å². The van der Waals surface area contributed by atoms with Crippen LogP contribution in [0.3, 0.4) is 0 Å². The van der Waals surface area contributed by atoms with Crippen molar-refractivity contribution in [2.24, 2.45) is 5.41 Å². The van der Waals surface area contributed by atoms with E-state index >= 15 is 0 Å². The number of aliphatic hydroxyl groups excluding tert-OH is 1. The zero-order valence-corrected chi connectivity index (χ0v) is 13.0. The molecule has 1 saturated carbocycles. The summed E-state index contributed by atoms with van der Waals surface area (Å²) in [6, 6.07) is 5.03. The average molecular weight is 306 g/mol. The predicted octanol–water partition coefficient (Wildman–Crippen LogP) is 2.99. The molecule has 4 heteroatoms. The molecule has 0 aromatic heterocycles. The number of carbonyl (C=O) groups excluding carboxylic acids is 1. The van der Waals surface area contributed by atoms with Crippen molar-refractivity contribution in [3.05, 3.63) is 34.3 Å². The van der Waals surface area contributed by atoms with Gasteiger partial charge in [-0.2, -0.15) is 0 Å². The van der Waals surface area contributed by atoms with Gasteiger partial charge in [-0.3, -0.25) is 4.79 Å². The van der Waals surface area contributed by atoms with E-state index in [2.05, 4.69) is 24.1 Å². The Kier molecular flexibility index (Phi) is 5.27. The van der Waals surface area contributed by atoms with Crippen LogP contribution in [0, 0.1) is 17.3 Å². The van der Waals surface area contributed by atoms with Gasteiger partial charge in [0.05, 0.1) is 5.02 Å². The smallest absolute Gasteiger partial charge is 0.251 e. The molecule has 1 aromatic rings. The van der Waals surface area contributed by atoms with E-state index < -0.39 is 0 Å². The third-order valence-electron chi connectivity index (χ3n) is 4.02. The third-order valence-corrected chi connectivity index (χ3v) is 4.33. The van der Waals surface area contributed by atoms with Crippen LogP contribution >= 0.6 is 11.6 Å². The highest BCUT2D eigenvalue weighted by Crippen LogP contribution is 2.36. The molecule has 1 aromatic carbocycles. The van der Waals surface area contributed by atoms with E-state index in [0.717, 1.165) is 0 Å². The van der Waals surface area contributed by atoms with Gasteiger partial charge in [-0.1, -0.05) is 43.2 Å². The summed E-state index contributed by atoms with van der Waals surface area (Å²) in [7, 11) is 0. The maximum atomic E-state index is 12.2. The van der Waals surface area contributed by atoms with Crippen LogP contribution in [0.4, 0.5) is 0 Å². The highest BCUT2D eigenvalue weighted by atomic mass is 35.5. The number of amides is 1. The molecule has 2 rings (SSSR count). The zero-order chi connectivity index (χ0) is 15.3. The van der Waals surface area contributed by atoms with Crippen molar-refractivity contribution in [2.45, 2.75) is 32.6 Å². The number of aliphatic hydroxyl groups is 1. The molecule has 1 aliphatic rings. The van der Waals surface area contributed by atoms with E-state index in [1.165, 1.54) is 25.7 Å². The zero-order valence-electron chi connectivity index (χ0n) is 12.2. The Morgan fingerprint density at radius 1 is 1.43 bits per heavy atom. The molecular formula is C17H20ClNO2. The van der Waals surface area contributed by atoms with Gasteiger partial charge < -0.3 is 10.4 Å². The van der Waals surface area contributed by atoms with Gasteiger partial charge in [0.1, 0.15) is 6.61 Å². The molecule has 1 aliphatic carbocycles. The van der Waals surface area contributed by atoms with Crippen LogP contribution in [0.5, 0.6) is 0 Å². The largest absolute Gasteiger partial charge is 0.384 e. The number of nitrogens with one attached hydrogen (secondary N) is 1. The Morgan fingerprint density at radius 3 is 2.76 bits per heavy atom. The van der Waals surface area contributed by atoms with Gasteiger partial charge in [-0.15, -0.1) is 0 Å². The maximum Gasteiger partial charge on any atom is 0.251 e. The first kappa shape index (κ1) is 15.9. The fourth-order valence-corrected chi connectivity index (χ4v) is 2.92. The fourth-order valence-electron chi connectivity index (χ4n) is 2.69. The summed E-state index contributed by atoms with van der Waals surface area (Å²) in [6.07, 6.45) is 4.83. The molecular weight excluding hydrogens is 286 g/mol. The van der Waals surface area contributed by atoms with Crippen molar-refractivity contribution in [1.29, 1.82) is 0 Å². The molecule has 0 aliphatic heterocycles. The van der Waals surface area contributed by atoms with Crippen molar-refractivity contribution in [3.63, 3.8) is 0 Å². The van der Waals surface area contributed by atoms with Crippen LogP contribution < -0.4 is 5.32 Å². The van der Waals surface area contributed by atoms with E-state index in [4.69, 9.17) is 16.7 Å². The number of carbonyl (C=O) groups is 1. The van der Waals surface area contributed by atoms with Crippen LogP contribution in [0.1, 0.15) is 48.5 Å². The van der Waals surface area contributed by atoms with Gasteiger partial charge >= 0.3 is 0 Å². The summed E-state index contributed by atoms with van der Waals surface area (Å²) in [6.45, 7) is 2.72. The number of benzene rings is 1. The van der Waals surface area contributed by atoms with Crippen LogP contribution in [-0.2, 0) is 0 Å². The van der Waals surface area contributed by atoms with E-state index in [1.54, 1.807) is 18.2 Å². The molecule has 1 fully saturated rings. The summed E-state index contributed by atoms with van der Waals surface area (Å²) in [4.78, 5) is 12.2. The predicted molar refractivity (Wildman–Crippen MR) is 84.3 cm³/mol. The standard InChI is InChI=1S/C17H20ClNO2/c1-17(8-2-3-9-17)12-19-16(21)14-7-6-13(5-4-10-20)15(18)11-14/h6-7,11,20H,2-3,8-10,12H2,1H3,(H,19,21). The fraction of sp³-hybridized carbons (Fsp3) is 0.471. The Balaban J connectivity index is 2.01. The van der Waals surface area contributed by atoms with Crippen molar-refractivity contribution in [3.8, 4) is 11.8 Å². The lowest BCUT2D eigenvalue weighted by atomic mass is 9.89. The normalized spacial score (nSPS) is 16.1. The first-order valence-electron chi connectivity index (χ1n) is 7.22. The van der Waals surface area contributed by atoms with Crippen molar-refractivity contribution < 1.29 is 9.90 Å². The quantitative estimate of drug-likeness (QED) is 0.844. The highest BCUT2D eigenvalue weighted by Gasteiger charge is 2.28. The lowest BCUT2D eigenvalue weighted by molar-refractivity contribution is 0.0934. The molecule has 2 N–H and O–H groups in total. The Morgan fingerprint density at radius 2 is 2.14 bits per heavy atom. The van der Waals surface area contributed by atoms with E-state index in [9.17, 15) is 4.79 Å². The van der Waals surface area contributed by atoms with Gasteiger partial charge in [0, 0.05) is 17.7 Å². The van der Waals surface area contributed by atoms with Crippen molar-refractivity contribution >= 4 is 17.5 Å². The molecule has 0 bridgehead atoms. The third kappa shape index (κ3) is 4.23. The molecule has 0 saturated heterocycles. The maximum absolute atomic E-state index is 12.2. The van der Waals surface area contributed by atoms with Gasteiger partial charge in [0.2, 0.25) is 0 Å². The summed E-state index contributed by atoms with van der Waals surface area (Å²) in [5.41, 5.74) is 1.38. The van der Waals surface area contributed by atoms with E-state index in [0.29, 0.717) is 22.7 Å². The Labute approximate surface area is 130 Å². The second-order valence-corrected chi connectivity index (χ2v) is 6.26. The number of hydrogen-bond acceptors (Lipinski definition) is 2. The lowest BCUT2D eigenvalue weighted by Gasteiger charge is -2.23. The minimum Gasteiger partial charge on any atom is -0.384 e. The number of halogens is 1. The minimum absolute atomic E-state index is 0.105. The molecule has 0 atom stereocenters. The lowest BCUT2D eigenvalue weighted by Crippen LogP contribution is -2.34. The monoisotopic (exact) mass is 305 g/mol. The Hall–Kier alpha value is -1.50. The molecule has 0 heterocycles. The first-order valence-corrected chi connectivity index (χ1v) is 7.59. The second kappa shape index (κ2) is 6.98. The number of hydrogen-bond donors (Lipinski definition) is 2. The molecule has 0 spiro atoms.